The number of rotatable bonds is 27. The van der Waals surface area contributed by atoms with Gasteiger partial charge in [-0.25, -0.2) is 0 Å². The lowest BCUT2D eigenvalue weighted by Gasteiger charge is -2.17. The van der Waals surface area contributed by atoms with E-state index in [1.54, 1.807) is 66.8 Å². The molecule has 0 fully saturated rings. The van der Waals surface area contributed by atoms with Gasteiger partial charge in [0.05, 0.1) is 0 Å². The first-order chi connectivity index (χ1) is 28.2. The molecule has 3 aliphatic carbocycles. The van der Waals surface area contributed by atoms with E-state index < -0.39 is 0 Å². The molecule has 0 unspecified atom stereocenters. The second-order valence-corrected chi connectivity index (χ2v) is 18.7. The highest BCUT2D eigenvalue weighted by molar-refractivity contribution is 6.00. The Morgan fingerprint density at radius 2 is 0.544 bits per heavy atom. The van der Waals surface area contributed by atoms with Gasteiger partial charge in [0.15, 0.2) is 0 Å². The van der Waals surface area contributed by atoms with E-state index in [2.05, 4.69) is 75.4 Å². The van der Waals surface area contributed by atoms with Crippen molar-refractivity contribution >= 4 is 0 Å². The molecule has 0 radical (unpaired) electrons. The summed E-state index contributed by atoms with van der Waals surface area (Å²) in [7, 11) is 0. The molecule has 0 atom stereocenters. The molecule has 7 rings (SSSR count). The lowest BCUT2D eigenvalue weighted by molar-refractivity contribution is 0.575. The number of unbranched alkanes of at least 4 members (excludes halogenated alkanes) is 21. The summed E-state index contributed by atoms with van der Waals surface area (Å²) in [5.41, 5.74) is 23.8. The largest absolute Gasteiger partial charge is 0.0654 e. The molecule has 0 spiro atoms. The van der Waals surface area contributed by atoms with Crippen LogP contribution in [0, 0.1) is 0 Å². The Balaban J connectivity index is 1.08. The van der Waals surface area contributed by atoms with Crippen molar-refractivity contribution in [3.05, 3.63) is 105 Å². The monoisotopic (exact) mass is 763 g/mol. The van der Waals surface area contributed by atoms with Gasteiger partial charge in [-0.05, 0) is 141 Å². The lowest BCUT2D eigenvalue weighted by atomic mass is 9.86. The summed E-state index contributed by atoms with van der Waals surface area (Å²) < 4.78 is 0. The van der Waals surface area contributed by atoms with Crippen molar-refractivity contribution in [2.45, 2.75) is 213 Å². The molecule has 0 amide bonds. The van der Waals surface area contributed by atoms with E-state index in [1.165, 1.54) is 190 Å². The topological polar surface area (TPSA) is 0 Å². The van der Waals surface area contributed by atoms with Gasteiger partial charge in [0.2, 0.25) is 0 Å². The van der Waals surface area contributed by atoms with Gasteiger partial charge >= 0.3 is 0 Å². The fourth-order valence-electron chi connectivity index (χ4n) is 11.0. The Morgan fingerprint density at radius 1 is 0.298 bits per heavy atom. The number of hydrogen-bond acceptors (Lipinski definition) is 0. The molecule has 4 aromatic carbocycles. The van der Waals surface area contributed by atoms with E-state index in [-0.39, 0.29) is 0 Å². The van der Waals surface area contributed by atoms with Crippen LogP contribution >= 0.6 is 0 Å². The van der Waals surface area contributed by atoms with Gasteiger partial charge in [0.1, 0.15) is 0 Å². The molecule has 306 valence electrons. The van der Waals surface area contributed by atoms with Crippen LogP contribution in [0.3, 0.4) is 0 Å². The quantitative estimate of drug-likeness (QED) is 0.0458. The lowest BCUT2D eigenvalue weighted by Crippen LogP contribution is -1.97. The second kappa shape index (κ2) is 21.8. The van der Waals surface area contributed by atoms with Crippen LogP contribution in [-0.4, -0.2) is 0 Å². The molecule has 0 N–H and O–H groups in total. The van der Waals surface area contributed by atoms with Gasteiger partial charge in [-0.15, -0.1) is 0 Å². The van der Waals surface area contributed by atoms with Gasteiger partial charge in [0.25, 0.3) is 0 Å². The Labute approximate surface area is 350 Å². The highest BCUT2D eigenvalue weighted by Crippen LogP contribution is 2.56. The first kappa shape index (κ1) is 42.0. The first-order valence-corrected chi connectivity index (χ1v) is 24.8. The van der Waals surface area contributed by atoms with Crippen molar-refractivity contribution in [2.75, 3.05) is 0 Å². The number of fused-ring (bicyclic) bond motifs is 12. The third-order valence-corrected chi connectivity index (χ3v) is 14.2. The maximum atomic E-state index is 2.61. The third-order valence-electron chi connectivity index (χ3n) is 14.2. The van der Waals surface area contributed by atoms with Crippen LogP contribution in [0.1, 0.15) is 225 Å². The highest BCUT2D eigenvalue weighted by Gasteiger charge is 2.37. The molecule has 3 aliphatic rings. The predicted octanol–water partition coefficient (Wildman–Crippen LogP) is 17.4. The fourth-order valence-corrected chi connectivity index (χ4v) is 11.0. The number of aryl methyl sites for hydroxylation is 3. The Morgan fingerprint density at radius 3 is 0.807 bits per heavy atom. The van der Waals surface area contributed by atoms with Gasteiger partial charge in [-0.3, -0.25) is 0 Å². The van der Waals surface area contributed by atoms with Gasteiger partial charge < -0.3 is 0 Å². The van der Waals surface area contributed by atoms with Crippen LogP contribution in [0.15, 0.2) is 54.6 Å². The number of benzene rings is 4. The molecule has 0 heteroatoms. The van der Waals surface area contributed by atoms with Crippen molar-refractivity contribution in [2.24, 2.45) is 0 Å². The van der Waals surface area contributed by atoms with Crippen molar-refractivity contribution in [1.82, 2.24) is 0 Å². The van der Waals surface area contributed by atoms with E-state index in [1.807, 2.05) is 0 Å². The second-order valence-electron chi connectivity index (χ2n) is 18.7. The molecular weight excluding hydrogens is 685 g/mol. The van der Waals surface area contributed by atoms with Crippen molar-refractivity contribution in [3.8, 4) is 33.4 Å². The molecule has 0 saturated carbocycles. The molecular formula is C57H78. The zero-order valence-electron chi connectivity index (χ0n) is 36.9. The molecule has 57 heavy (non-hydrogen) atoms. The smallest absolute Gasteiger partial charge is 0.000696 e. The highest BCUT2D eigenvalue weighted by atomic mass is 14.4. The predicted molar refractivity (Wildman–Crippen MR) is 250 cm³/mol. The Hall–Kier alpha value is -3.12. The molecule has 0 aromatic heterocycles. The SMILES string of the molecule is CCCCCCCCCCc1ccc2c(c1)Cc1c-2c2c(c3c1-c1ccc(CCCCCCCCCC)cc1C3)-c1ccc(CCCCCCCCCC)cc1C2. The Kier molecular flexibility index (Phi) is 16.0. The normalized spacial score (nSPS) is 13.1. The summed E-state index contributed by atoms with van der Waals surface area (Å²) in [5, 5.41) is 0. The summed E-state index contributed by atoms with van der Waals surface area (Å²) in [6, 6.07) is 22.9. The maximum absolute atomic E-state index is 2.61. The average Bonchev–Trinajstić information content (AvgIpc) is 3.91. The van der Waals surface area contributed by atoms with E-state index >= 15 is 0 Å². The van der Waals surface area contributed by atoms with Crippen molar-refractivity contribution < 1.29 is 0 Å². The molecule has 0 saturated heterocycles. The van der Waals surface area contributed by atoms with E-state index in [0.29, 0.717) is 0 Å². The molecule has 0 nitrogen and oxygen atoms in total. The van der Waals surface area contributed by atoms with Gasteiger partial charge in [-0.2, -0.15) is 0 Å². The van der Waals surface area contributed by atoms with Gasteiger partial charge in [0, 0.05) is 0 Å². The minimum Gasteiger partial charge on any atom is -0.0654 e. The minimum absolute atomic E-state index is 1.10. The first-order valence-electron chi connectivity index (χ1n) is 24.8. The fraction of sp³-hybridized carbons (Fsp3) is 0.579. The Bertz CT molecular complexity index is 1650. The molecule has 0 aliphatic heterocycles. The van der Waals surface area contributed by atoms with Crippen LogP contribution in [-0.2, 0) is 38.5 Å². The summed E-state index contributed by atoms with van der Waals surface area (Å²) in [5.74, 6) is 0. The van der Waals surface area contributed by atoms with E-state index in [4.69, 9.17) is 0 Å². The van der Waals surface area contributed by atoms with Crippen LogP contribution in [0.25, 0.3) is 33.4 Å². The standard InChI is InChI=1S/C57H78/c1-4-7-10-13-16-19-22-25-28-43-31-34-49-46(37-43)40-52-55(49)53-41-47-38-45(30-27-24-21-18-15-12-9-6-3)33-36-51(47)57(53)54-42-48-39-44(32-35-50(48)56(52)54)29-26-23-20-17-14-11-8-5-2/h31-39H,4-30,40-42H2,1-3H3. The average molecular weight is 763 g/mol. The molecule has 0 bridgehead atoms. The van der Waals surface area contributed by atoms with Crippen LogP contribution < -0.4 is 0 Å². The van der Waals surface area contributed by atoms with Gasteiger partial charge in [-0.1, -0.05) is 210 Å². The van der Waals surface area contributed by atoms with Crippen molar-refractivity contribution in [3.63, 3.8) is 0 Å². The molecule has 4 aromatic rings. The van der Waals surface area contributed by atoms with E-state index in [9.17, 15) is 0 Å². The zero-order chi connectivity index (χ0) is 39.2. The summed E-state index contributed by atoms with van der Waals surface area (Å²) in [6.45, 7) is 6.95. The molecule has 0 heterocycles. The van der Waals surface area contributed by atoms with Crippen LogP contribution in [0.2, 0.25) is 0 Å². The van der Waals surface area contributed by atoms with Crippen LogP contribution in [0.4, 0.5) is 0 Å². The van der Waals surface area contributed by atoms with E-state index in [0.717, 1.165) is 19.3 Å². The summed E-state index contributed by atoms with van der Waals surface area (Å²) >= 11 is 0. The maximum Gasteiger partial charge on any atom is -0.000696 e. The third kappa shape index (κ3) is 10.6. The minimum atomic E-state index is 1.10. The summed E-state index contributed by atoms with van der Waals surface area (Å²) in [6.07, 6.45) is 40.3. The zero-order valence-corrected chi connectivity index (χ0v) is 36.9. The number of hydrogen-bond donors (Lipinski definition) is 0. The summed E-state index contributed by atoms with van der Waals surface area (Å²) in [4.78, 5) is 0. The van der Waals surface area contributed by atoms with Crippen LogP contribution in [0.5, 0.6) is 0 Å². The van der Waals surface area contributed by atoms with Crippen molar-refractivity contribution in [1.29, 1.82) is 0 Å².